The minimum Gasteiger partial charge on any atom is -0.451 e. The van der Waals surface area contributed by atoms with Gasteiger partial charge in [0.2, 0.25) is 0 Å². The monoisotopic (exact) mass is 327 g/mol. The van der Waals surface area contributed by atoms with Gasteiger partial charge in [-0.25, -0.2) is 9.78 Å². The van der Waals surface area contributed by atoms with Crippen molar-refractivity contribution in [3.05, 3.63) is 57.5 Å². The Morgan fingerprint density at radius 2 is 2.12 bits per heavy atom. The number of ether oxygens (including phenoxy) is 1. The average molecular weight is 327 g/mol. The van der Waals surface area contributed by atoms with Crippen LogP contribution in [0.1, 0.15) is 47.6 Å². The van der Waals surface area contributed by atoms with Crippen molar-refractivity contribution < 1.29 is 14.1 Å². The van der Waals surface area contributed by atoms with E-state index in [1.165, 1.54) is 0 Å². The van der Waals surface area contributed by atoms with E-state index in [0.29, 0.717) is 40.2 Å². The van der Waals surface area contributed by atoms with Crippen molar-refractivity contribution in [2.75, 3.05) is 0 Å². The molecule has 2 heterocycles. The number of rotatable bonds is 4. The van der Waals surface area contributed by atoms with E-state index in [-0.39, 0.29) is 5.56 Å². The first-order valence-electron chi connectivity index (χ1n) is 7.66. The molecule has 0 amide bonds. The number of nitrogens with zero attached hydrogens (tertiary/aromatic N) is 2. The lowest BCUT2D eigenvalue weighted by Crippen LogP contribution is -2.18. The zero-order chi connectivity index (χ0) is 17.3. The maximum absolute atomic E-state index is 12.4. The predicted molar refractivity (Wildman–Crippen MR) is 86.8 cm³/mol. The Morgan fingerprint density at radius 1 is 1.38 bits per heavy atom. The number of para-hydroxylation sites is 1. The van der Waals surface area contributed by atoms with Crippen LogP contribution in [0, 0.1) is 6.92 Å². The minimum atomic E-state index is -0.714. The summed E-state index contributed by atoms with van der Waals surface area (Å²) in [6, 6.07) is 6.99. The van der Waals surface area contributed by atoms with E-state index in [1.807, 2.05) is 6.92 Å². The first-order valence-corrected chi connectivity index (χ1v) is 7.66. The van der Waals surface area contributed by atoms with Gasteiger partial charge >= 0.3 is 5.97 Å². The highest BCUT2D eigenvalue weighted by Crippen LogP contribution is 2.20. The maximum Gasteiger partial charge on any atom is 0.344 e. The summed E-state index contributed by atoms with van der Waals surface area (Å²) in [5.41, 5.74) is 1.15. The summed E-state index contributed by atoms with van der Waals surface area (Å²) in [7, 11) is 0. The Labute approximate surface area is 137 Å². The van der Waals surface area contributed by atoms with Gasteiger partial charge < -0.3 is 14.2 Å². The number of esters is 1. The molecule has 2 aromatic heterocycles. The van der Waals surface area contributed by atoms with Gasteiger partial charge in [0.15, 0.2) is 11.9 Å². The molecule has 0 spiro atoms. The molecule has 0 unspecified atom stereocenters. The molecule has 124 valence electrons. The molecule has 0 aliphatic rings. The summed E-state index contributed by atoms with van der Waals surface area (Å²) in [5, 5.41) is 4.33. The zero-order valence-electron chi connectivity index (χ0n) is 13.6. The minimum absolute atomic E-state index is 0.270. The number of carbonyl (C=O) groups excluding carboxylic acids is 1. The second-order valence-corrected chi connectivity index (χ2v) is 5.43. The molecule has 3 rings (SSSR count). The molecule has 24 heavy (non-hydrogen) atoms. The summed E-state index contributed by atoms with van der Waals surface area (Å²) >= 11 is 0. The molecule has 0 aliphatic heterocycles. The number of carbonyl (C=O) groups is 1. The average Bonchev–Trinajstić information content (AvgIpc) is 2.95. The molecule has 0 saturated carbocycles. The van der Waals surface area contributed by atoms with Crippen LogP contribution in [-0.2, 0) is 11.2 Å². The van der Waals surface area contributed by atoms with Crippen LogP contribution in [0.2, 0.25) is 0 Å². The third kappa shape index (κ3) is 2.80. The fraction of sp³-hybridized carbons (Fsp3) is 0.294. The standard InChI is InChI=1S/C17H17N3O4/c1-4-12-14(9(2)24-20-12)17(22)23-10(3)15-18-13-8-6-5-7-11(13)16(21)19-15/h5-8,10H,4H2,1-3H3,(H,18,19,21)/t10-/m0/s1. The molecule has 0 radical (unpaired) electrons. The predicted octanol–water partition coefficient (Wildman–Crippen LogP) is 2.70. The Morgan fingerprint density at radius 3 is 2.88 bits per heavy atom. The number of aryl methyl sites for hydroxylation is 2. The van der Waals surface area contributed by atoms with Crippen LogP contribution >= 0.6 is 0 Å². The Kier molecular flexibility index (Phi) is 4.16. The van der Waals surface area contributed by atoms with E-state index < -0.39 is 12.1 Å². The lowest BCUT2D eigenvalue weighted by atomic mass is 10.1. The maximum atomic E-state index is 12.4. The van der Waals surface area contributed by atoms with Crippen molar-refractivity contribution in [3.8, 4) is 0 Å². The molecule has 7 heteroatoms. The van der Waals surface area contributed by atoms with Gasteiger partial charge in [0.25, 0.3) is 5.56 Å². The fourth-order valence-electron chi connectivity index (χ4n) is 2.49. The summed E-state index contributed by atoms with van der Waals surface area (Å²) in [5.74, 6) is 0.150. The Balaban J connectivity index is 1.90. The summed E-state index contributed by atoms with van der Waals surface area (Å²) in [6.45, 7) is 5.18. The lowest BCUT2D eigenvalue weighted by molar-refractivity contribution is 0.0317. The van der Waals surface area contributed by atoms with Crippen LogP contribution in [0.4, 0.5) is 0 Å². The van der Waals surface area contributed by atoms with Gasteiger partial charge in [-0.3, -0.25) is 4.79 Å². The van der Waals surface area contributed by atoms with Gasteiger partial charge in [0.1, 0.15) is 11.3 Å². The number of benzene rings is 1. The van der Waals surface area contributed by atoms with Crippen LogP contribution in [0.5, 0.6) is 0 Å². The van der Waals surface area contributed by atoms with Crippen molar-refractivity contribution >= 4 is 16.9 Å². The third-order valence-corrected chi connectivity index (χ3v) is 3.77. The molecule has 0 saturated heterocycles. The lowest BCUT2D eigenvalue weighted by Gasteiger charge is -2.13. The second-order valence-electron chi connectivity index (χ2n) is 5.43. The quantitative estimate of drug-likeness (QED) is 0.740. The molecule has 7 nitrogen and oxygen atoms in total. The van der Waals surface area contributed by atoms with Crippen molar-refractivity contribution in [1.82, 2.24) is 15.1 Å². The number of nitrogens with one attached hydrogen (secondary N) is 1. The van der Waals surface area contributed by atoms with Crippen molar-refractivity contribution in [2.45, 2.75) is 33.3 Å². The van der Waals surface area contributed by atoms with Crippen molar-refractivity contribution in [3.63, 3.8) is 0 Å². The Hall–Kier alpha value is -2.96. The molecule has 1 aromatic carbocycles. The SMILES string of the molecule is CCc1noc(C)c1C(=O)O[C@@H](C)c1nc2ccccc2c(=O)[nH]1. The number of hydrogen-bond donors (Lipinski definition) is 1. The number of aromatic amines is 1. The van der Waals surface area contributed by atoms with E-state index in [4.69, 9.17) is 9.26 Å². The summed E-state index contributed by atoms with van der Waals surface area (Å²) in [6.07, 6.45) is -0.157. The van der Waals surface area contributed by atoms with E-state index in [0.717, 1.165) is 0 Å². The van der Waals surface area contributed by atoms with Gasteiger partial charge in [-0.2, -0.15) is 0 Å². The number of H-pyrrole nitrogens is 1. The number of fused-ring (bicyclic) bond motifs is 1. The molecule has 0 bridgehead atoms. The second kappa shape index (κ2) is 6.27. The fourth-order valence-corrected chi connectivity index (χ4v) is 2.49. The third-order valence-electron chi connectivity index (χ3n) is 3.77. The summed E-state index contributed by atoms with van der Waals surface area (Å²) in [4.78, 5) is 31.5. The molecule has 1 atom stereocenters. The molecule has 0 aliphatic carbocycles. The van der Waals surface area contributed by atoms with Crippen molar-refractivity contribution in [2.24, 2.45) is 0 Å². The zero-order valence-corrected chi connectivity index (χ0v) is 13.6. The summed E-state index contributed by atoms with van der Waals surface area (Å²) < 4.78 is 10.5. The van der Waals surface area contributed by atoms with E-state index >= 15 is 0 Å². The highest BCUT2D eigenvalue weighted by molar-refractivity contribution is 5.91. The van der Waals surface area contributed by atoms with Crippen LogP contribution in [0.15, 0.2) is 33.6 Å². The van der Waals surface area contributed by atoms with Gasteiger partial charge in [-0.1, -0.05) is 24.2 Å². The first kappa shape index (κ1) is 15.9. The van der Waals surface area contributed by atoms with E-state index in [9.17, 15) is 9.59 Å². The van der Waals surface area contributed by atoms with Crippen LogP contribution in [0.3, 0.4) is 0 Å². The molecular weight excluding hydrogens is 310 g/mol. The molecule has 1 N–H and O–H groups in total. The largest absolute Gasteiger partial charge is 0.451 e. The molecular formula is C17H17N3O4. The van der Waals surface area contributed by atoms with Gasteiger partial charge in [0.05, 0.1) is 16.6 Å². The smallest absolute Gasteiger partial charge is 0.344 e. The van der Waals surface area contributed by atoms with E-state index in [2.05, 4.69) is 15.1 Å². The molecule has 3 aromatic rings. The molecule has 0 fully saturated rings. The number of hydrogen-bond acceptors (Lipinski definition) is 6. The van der Waals surface area contributed by atoms with Gasteiger partial charge in [0, 0.05) is 0 Å². The van der Waals surface area contributed by atoms with Crippen LogP contribution in [-0.4, -0.2) is 21.1 Å². The number of aromatic nitrogens is 3. The topological polar surface area (TPSA) is 98.1 Å². The van der Waals surface area contributed by atoms with Crippen LogP contribution in [0.25, 0.3) is 10.9 Å². The van der Waals surface area contributed by atoms with E-state index in [1.54, 1.807) is 38.1 Å². The highest BCUT2D eigenvalue weighted by Gasteiger charge is 2.24. The normalized spacial score (nSPS) is 12.3. The van der Waals surface area contributed by atoms with Gasteiger partial charge in [-0.05, 0) is 32.4 Å². The van der Waals surface area contributed by atoms with Gasteiger partial charge in [-0.15, -0.1) is 0 Å². The Bertz CT molecular complexity index is 958. The van der Waals surface area contributed by atoms with Crippen molar-refractivity contribution in [1.29, 1.82) is 0 Å². The first-order chi connectivity index (χ1) is 11.5. The van der Waals surface area contributed by atoms with Crippen LogP contribution < -0.4 is 5.56 Å². The highest BCUT2D eigenvalue weighted by atomic mass is 16.5.